The fraction of sp³-hybridized carbons (Fsp3) is 0.300. The van der Waals surface area contributed by atoms with E-state index in [2.05, 4.69) is 5.32 Å². The van der Waals surface area contributed by atoms with Crippen LogP contribution in [0, 0.1) is 0 Å². The summed E-state index contributed by atoms with van der Waals surface area (Å²) in [6.45, 7) is 0.742. The zero-order valence-electron chi connectivity index (χ0n) is 7.56. The highest BCUT2D eigenvalue weighted by atomic mass is 35.5. The van der Waals surface area contributed by atoms with E-state index < -0.39 is 5.97 Å². The van der Waals surface area contributed by atoms with E-state index in [0.29, 0.717) is 0 Å². The van der Waals surface area contributed by atoms with Crippen LogP contribution >= 0.6 is 12.4 Å². The predicted molar refractivity (Wildman–Crippen MR) is 57.2 cm³/mol. The van der Waals surface area contributed by atoms with E-state index in [1.54, 1.807) is 0 Å². The highest BCUT2D eigenvalue weighted by Crippen LogP contribution is 2.32. The van der Waals surface area contributed by atoms with Crippen LogP contribution in [0.4, 0.5) is 5.69 Å². The lowest BCUT2D eigenvalue weighted by atomic mass is 9.98. The Hall–Kier alpha value is -1.22. The molecule has 0 amide bonds. The summed E-state index contributed by atoms with van der Waals surface area (Å²) in [5.74, 6) is -0.600. The molecule has 1 aromatic rings. The van der Waals surface area contributed by atoms with Gasteiger partial charge in [0, 0.05) is 18.2 Å². The summed E-state index contributed by atoms with van der Waals surface area (Å²) >= 11 is 0. The Kier molecular flexibility index (Phi) is 3.36. The largest absolute Gasteiger partial charge is 0.481 e. The molecule has 0 fully saturated rings. The minimum Gasteiger partial charge on any atom is -0.481 e. The van der Waals surface area contributed by atoms with Gasteiger partial charge in [-0.05, 0) is 11.6 Å². The van der Waals surface area contributed by atoms with Gasteiger partial charge in [-0.2, -0.15) is 0 Å². The highest BCUT2D eigenvalue weighted by molar-refractivity contribution is 5.85. The van der Waals surface area contributed by atoms with Crippen molar-refractivity contribution in [1.29, 1.82) is 0 Å². The Bertz CT molecular complexity index is 341. The first-order valence-corrected chi connectivity index (χ1v) is 4.32. The van der Waals surface area contributed by atoms with Crippen molar-refractivity contribution in [3.63, 3.8) is 0 Å². The molecule has 0 saturated heterocycles. The number of hydrogen-bond acceptors (Lipinski definition) is 2. The van der Waals surface area contributed by atoms with Crippen molar-refractivity contribution in [2.45, 2.75) is 12.3 Å². The van der Waals surface area contributed by atoms with Crippen LogP contribution in [0.3, 0.4) is 0 Å². The molecule has 1 atom stereocenters. The van der Waals surface area contributed by atoms with Crippen LogP contribution in [-0.2, 0) is 4.79 Å². The molecule has 4 heteroatoms. The monoisotopic (exact) mass is 213 g/mol. The SMILES string of the molecule is Cl.O=C(O)CC1CNc2ccccc21. The van der Waals surface area contributed by atoms with Crippen molar-refractivity contribution < 1.29 is 9.90 Å². The molecule has 0 saturated carbocycles. The van der Waals surface area contributed by atoms with Crippen molar-refractivity contribution in [1.82, 2.24) is 0 Å². The molecule has 2 N–H and O–H groups in total. The molecule has 1 aliphatic rings. The first kappa shape index (κ1) is 10.9. The third-order valence-corrected chi connectivity index (χ3v) is 2.36. The number of anilines is 1. The summed E-state index contributed by atoms with van der Waals surface area (Å²) in [5, 5.41) is 11.9. The Labute approximate surface area is 88.5 Å². The van der Waals surface area contributed by atoms with Crippen molar-refractivity contribution in [3.05, 3.63) is 29.8 Å². The molecule has 76 valence electrons. The van der Waals surface area contributed by atoms with Crippen molar-refractivity contribution >= 4 is 24.1 Å². The molecule has 0 bridgehead atoms. The Morgan fingerprint density at radius 1 is 1.50 bits per heavy atom. The van der Waals surface area contributed by atoms with Gasteiger partial charge >= 0.3 is 5.97 Å². The lowest BCUT2D eigenvalue weighted by Crippen LogP contribution is -2.07. The number of para-hydroxylation sites is 1. The molecule has 1 aliphatic heterocycles. The second-order valence-corrected chi connectivity index (χ2v) is 3.26. The number of carbonyl (C=O) groups is 1. The van der Waals surface area contributed by atoms with Gasteiger partial charge in [-0.15, -0.1) is 12.4 Å². The number of carboxylic acids is 1. The Balaban J connectivity index is 0.000000980. The summed E-state index contributed by atoms with van der Waals surface area (Å²) < 4.78 is 0. The first-order valence-electron chi connectivity index (χ1n) is 4.32. The Morgan fingerprint density at radius 3 is 2.93 bits per heavy atom. The van der Waals surface area contributed by atoms with Gasteiger partial charge in [0.1, 0.15) is 0 Å². The van der Waals surface area contributed by atoms with Gasteiger partial charge in [0.05, 0.1) is 6.42 Å². The molecule has 14 heavy (non-hydrogen) atoms. The topological polar surface area (TPSA) is 49.3 Å². The van der Waals surface area contributed by atoms with E-state index in [0.717, 1.165) is 17.8 Å². The maximum atomic E-state index is 10.5. The average molecular weight is 214 g/mol. The Morgan fingerprint density at radius 2 is 2.21 bits per heavy atom. The van der Waals surface area contributed by atoms with Crippen molar-refractivity contribution in [2.24, 2.45) is 0 Å². The first-order chi connectivity index (χ1) is 6.27. The summed E-state index contributed by atoms with van der Waals surface area (Å²) in [4.78, 5) is 10.5. The number of aliphatic carboxylic acids is 1. The van der Waals surface area contributed by atoms with Crippen LogP contribution in [0.5, 0.6) is 0 Å². The van der Waals surface area contributed by atoms with Crippen LogP contribution < -0.4 is 5.32 Å². The molecule has 0 aromatic heterocycles. The standard InChI is InChI=1S/C10H11NO2.ClH/c12-10(13)5-7-6-11-9-4-2-1-3-8(7)9;/h1-4,7,11H,5-6H2,(H,12,13);1H. The average Bonchev–Trinajstić information content (AvgIpc) is 2.48. The zero-order valence-corrected chi connectivity index (χ0v) is 8.38. The molecule has 3 nitrogen and oxygen atoms in total. The third-order valence-electron chi connectivity index (χ3n) is 2.36. The molecule has 0 radical (unpaired) electrons. The lowest BCUT2D eigenvalue weighted by molar-refractivity contribution is -0.137. The summed E-state index contributed by atoms with van der Waals surface area (Å²) in [6, 6.07) is 7.87. The zero-order chi connectivity index (χ0) is 9.26. The molecule has 1 heterocycles. The molecular weight excluding hydrogens is 202 g/mol. The molecule has 0 spiro atoms. The summed E-state index contributed by atoms with van der Waals surface area (Å²) in [6.07, 6.45) is 0.212. The van der Waals surface area contributed by atoms with E-state index in [9.17, 15) is 4.79 Å². The number of rotatable bonds is 2. The quantitative estimate of drug-likeness (QED) is 0.791. The number of hydrogen-bond donors (Lipinski definition) is 2. The molecular formula is C10H12ClNO2. The predicted octanol–water partition coefficient (Wildman–Crippen LogP) is 2.09. The van der Waals surface area contributed by atoms with Crippen LogP contribution in [0.25, 0.3) is 0 Å². The molecule has 0 aliphatic carbocycles. The second kappa shape index (κ2) is 4.33. The van der Waals surface area contributed by atoms with E-state index >= 15 is 0 Å². The van der Waals surface area contributed by atoms with E-state index in [4.69, 9.17) is 5.11 Å². The normalized spacial score (nSPS) is 17.9. The smallest absolute Gasteiger partial charge is 0.304 e. The van der Waals surface area contributed by atoms with Gasteiger partial charge in [0.15, 0.2) is 0 Å². The van der Waals surface area contributed by atoms with Crippen LogP contribution in [0.15, 0.2) is 24.3 Å². The number of benzene rings is 1. The lowest BCUT2D eigenvalue weighted by Gasteiger charge is -2.05. The minimum atomic E-state index is -0.733. The summed E-state index contributed by atoms with van der Waals surface area (Å²) in [5.41, 5.74) is 2.21. The van der Waals surface area contributed by atoms with Gasteiger partial charge in [-0.1, -0.05) is 18.2 Å². The van der Waals surface area contributed by atoms with Gasteiger partial charge in [-0.3, -0.25) is 4.79 Å². The fourth-order valence-electron chi connectivity index (χ4n) is 1.75. The minimum absolute atomic E-state index is 0. The van der Waals surface area contributed by atoms with Crippen LogP contribution in [0.2, 0.25) is 0 Å². The van der Waals surface area contributed by atoms with Crippen LogP contribution in [-0.4, -0.2) is 17.6 Å². The summed E-state index contributed by atoms with van der Waals surface area (Å²) in [7, 11) is 0. The van der Waals surface area contributed by atoms with E-state index in [1.807, 2.05) is 24.3 Å². The fourth-order valence-corrected chi connectivity index (χ4v) is 1.75. The maximum Gasteiger partial charge on any atom is 0.304 e. The second-order valence-electron chi connectivity index (χ2n) is 3.26. The number of fused-ring (bicyclic) bond motifs is 1. The molecule has 1 aromatic carbocycles. The third kappa shape index (κ3) is 1.99. The van der Waals surface area contributed by atoms with E-state index in [-0.39, 0.29) is 24.7 Å². The van der Waals surface area contributed by atoms with Gasteiger partial charge < -0.3 is 10.4 Å². The number of nitrogens with one attached hydrogen (secondary N) is 1. The molecule has 1 unspecified atom stereocenters. The van der Waals surface area contributed by atoms with E-state index in [1.165, 1.54) is 0 Å². The highest BCUT2D eigenvalue weighted by Gasteiger charge is 2.23. The van der Waals surface area contributed by atoms with Crippen LogP contribution in [0.1, 0.15) is 17.9 Å². The maximum absolute atomic E-state index is 10.5. The molecule has 2 rings (SSSR count). The van der Waals surface area contributed by atoms with Crippen molar-refractivity contribution in [2.75, 3.05) is 11.9 Å². The number of carboxylic acid groups (broad SMARTS) is 1. The number of halogens is 1. The van der Waals surface area contributed by atoms with Crippen molar-refractivity contribution in [3.8, 4) is 0 Å². The van der Waals surface area contributed by atoms with Gasteiger partial charge in [0.25, 0.3) is 0 Å². The van der Waals surface area contributed by atoms with Gasteiger partial charge in [-0.25, -0.2) is 0 Å². The van der Waals surface area contributed by atoms with Gasteiger partial charge in [0.2, 0.25) is 0 Å².